The number of aliphatic carboxylic acids is 2. The van der Waals surface area contributed by atoms with Gasteiger partial charge in [-0.25, -0.2) is 19.6 Å². The summed E-state index contributed by atoms with van der Waals surface area (Å²) in [6.07, 6.45) is -2.30. The molecule has 2 N–H and O–H groups in total. The second-order valence-electron chi connectivity index (χ2n) is 7.55. The minimum atomic E-state index is -1.81. The fourth-order valence-corrected chi connectivity index (χ4v) is 3.60. The van der Waals surface area contributed by atoms with E-state index < -0.39 is 30.4 Å². The molecule has 4 aromatic rings. The number of esters is 1. The highest BCUT2D eigenvalue weighted by Gasteiger charge is 2.32. The number of hydrogen-bond donors (Lipinski definition) is 2. The summed E-state index contributed by atoms with van der Waals surface area (Å²) in [6.45, 7) is 0. The van der Waals surface area contributed by atoms with Crippen LogP contribution in [0, 0.1) is 0 Å². The summed E-state index contributed by atoms with van der Waals surface area (Å²) < 4.78 is 5.42. The van der Waals surface area contributed by atoms with E-state index >= 15 is 0 Å². The quantitative estimate of drug-likeness (QED) is 0.364. The molecule has 4 rings (SSSR count). The Morgan fingerprint density at radius 1 is 0.743 bits per heavy atom. The number of carbonyl (C=O) groups excluding carboxylic acids is 1. The molecule has 1 atom stereocenters. The van der Waals surface area contributed by atoms with E-state index in [1.54, 1.807) is 78.9 Å². The number of nitrogens with zero attached hydrogens (tertiary/aromatic N) is 2. The van der Waals surface area contributed by atoms with E-state index in [4.69, 9.17) is 4.74 Å². The van der Waals surface area contributed by atoms with Crippen LogP contribution in [0.25, 0.3) is 22.5 Å². The maximum absolute atomic E-state index is 12.8. The zero-order valence-corrected chi connectivity index (χ0v) is 18.4. The van der Waals surface area contributed by atoms with Crippen LogP contribution < -0.4 is 0 Å². The fraction of sp³-hybridized carbons (Fsp3) is 0.0741. The standard InChI is InChI=1S/C27H20N2O6/c30-21(31)16-20-22(17-10-4-1-5-11-17)23(29-25(28-20)18-12-6-2-7-13-18)24(26(32)33)35-27(34)19-14-8-3-9-15-19/h1-15,24H,16H2,(H,30,31)(H,32,33). The minimum Gasteiger partial charge on any atom is -0.481 e. The summed E-state index contributed by atoms with van der Waals surface area (Å²) in [7, 11) is 0. The summed E-state index contributed by atoms with van der Waals surface area (Å²) in [6, 6.07) is 25.3. The second kappa shape index (κ2) is 10.4. The van der Waals surface area contributed by atoms with E-state index in [0.717, 1.165) is 0 Å². The van der Waals surface area contributed by atoms with Crippen molar-refractivity contribution in [1.29, 1.82) is 0 Å². The first-order valence-corrected chi connectivity index (χ1v) is 10.7. The molecule has 8 nitrogen and oxygen atoms in total. The summed E-state index contributed by atoms with van der Waals surface area (Å²) in [5.41, 5.74) is 1.41. The average molecular weight is 468 g/mol. The molecular formula is C27H20N2O6. The maximum Gasteiger partial charge on any atom is 0.351 e. The van der Waals surface area contributed by atoms with Crippen LogP contribution in [0.2, 0.25) is 0 Å². The molecule has 0 saturated heterocycles. The number of rotatable bonds is 8. The van der Waals surface area contributed by atoms with E-state index in [9.17, 15) is 24.6 Å². The van der Waals surface area contributed by atoms with Crippen LogP contribution >= 0.6 is 0 Å². The number of carbonyl (C=O) groups is 3. The molecule has 0 amide bonds. The van der Waals surface area contributed by atoms with Gasteiger partial charge in [-0.3, -0.25) is 4.79 Å². The highest BCUT2D eigenvalue weighted by atomic mass is 16.6. The van der Waals surface area contributed by atoms with Crippen molar-refractivity contribution in [2.45, 2.75) is 12.5 Å². The van der Waals surface area contributed by atoms with Gasteiger partial charge in [-0.1, -0.05) is 78.9 Å². The molecule has 0 bridgehead atoms. The lowest BCUT2D eigenvalue weighted by Crippen LogP contribution is -2.23. The van der Waals surface area contributed by atoms with E-state index in [0.29, 0.717) is 11.1 Å². The lowest BCUT2D eigenvalue weighted by atomic mass is 9.96. The smallest absolute Gasteiger partial charge is 0.351 e. The van der Waals surface area contributed by atoms with Gasteiger partial charge in [0.15, 0.2) is 5.82 Å². The Morgan fingerprint density at radius 2 is 1.29 bits per heavy atom. The molecule has 1 unspecified atom stereocenters. The molecular weight excluding hydrogens is 448 g/mol. The fourth-order valence-electron chi connectivity index (χ4n) is 3.60. The van der Waals surface area contributed by atoms with Crippen molar-refractivity contribution in [3.05, 3.63) is 108 Å². The molecule has 1 heterocycles. The van der Waals surface area contributed by atoms with E-state index in [-0.39, 0.29) is 28.3 Å². The monoisotopic (exact) mass is 468 g/mol. The Kier molecular flexibility index (Phi) is 6.92. The van der Waals surface area contributed by atoms with Crippen molar-refractivity contribution in [2.75, 3.05) is 0 Å². The van der Waals surface area contributed by atoms with Crippen molar-refractivity contribution in [2.24, 2.45) is 0 Å². The molecule has 1 aromatic heterocycles. The molecule has 35 heavy (non-hydrogen) atoms. The minimum absolute atomic E-state index is 0.106. The maximum atomic E-state index is 12.8. The van der Waals surface area contributed by atoms with Crippen LogP contribution in [0.15, 0.2) is 91.0 Å². The van der Waals surface area contributed by atoms with Crippen molar-refractivity contribution in [3.63, 3.8) is 0 Å². The number of ether oxygens (including phenoxy) is 1. The summed E-state index contributed by atoms with van der Waals surface area (Å²) >= 11 is 0. The second-order valence-corrected chi connectivity index (χ2v) is 7.55. The van der Waals surface area contributed by atoms with E-state index in [2.05, 4.69) is 9.97 Å². The number of carboxylic acid groups (broad SMARTS) is 2. The average Bonchev–Trinajstić information content (AvgIpc) is 2.87. The van der Waals surface area contributed by atoms with Crippen LogP contribution in [-0.2, 0) is 20.7 Å². The van der Waals surface area contributed by atoms with Gasteiger partial charge in [0.1, 0.15) is 5.69 Å². The van der Waals surface area contributed by atoms with E-state index in [1.165, 1.54) is 12.1 Å². The summed E-state index contributed by atoms with van der Waals surface area (Å²) in [5.74, 6) is -3.33. The number of aromatic nitrogens is 2. The Labute approximate surface area is 200 Å². The van der Waals surface area contributed by atoms with Crippen molar-refractivity contribution < 1.29 is 29.3 Å². The predicted octanol–water partition coefficient (Wildman–Crippen LogP) is 4.42. The van der Waals surface area contributed by atoms with Gasteiger partial charge in [0, 0.05) is 11.1 Å². The van der Waals surface area contributed by atoms with Crippen LogP contribution in [0.3, 0.4) is 0 Å². The molecule has 0 spiro atoms. The number of carboxylic acids is 2. The third kappa shape index (κ3) is 5.39. The zero-order chi connectivity index (χ0) is 24.8. The normalized spacial score (nSPS) is 11.4. The lowest BCUT2D eigenvalue weighted by molar-refractivity contribution is -0.147. The number of hydrogen-bond acceptors (Lipinski definition) is 6. The van der Waals surface area contributed by atoms with Crippen LogP contribution in [-0.4, -0.2) is 38.1 Å². The highest BCUT2D eigenvalue weighted by molar-refractivity contribution is 5.92. The topological polar surface area (TPSA) is 127 Å². The van der Waals surface area contributed by atoms with Gasteiger partial charge >= 0.3 is 17.9 Å². The van der Waals surface area contributed by atoms with E-state index in [1.807, 2.05) is 0 Å². The Bertz CT molecular complexity index is 1360. The van der Waals surface area contributed by atoms with Crippen LogP contribution in [0.5, 0.6) is 0 Å². The third-order valence-corrected chi connectivity index (χ3v) is 5.13. The first-order chi connectivity index (χ1) is 16.9. The molecule has 8 heteroatoms. The van der Waals surface area contributed by atoms with Crippen LogP contribution in [0.4, 0.5) is 0 Å². The Hall–Kier alpha value is -4.85. The Morgan fingerprint density at radius 3 is 1.83 bits per heavy atom. The SMILES string of the molecule is O=C(O)Cc1nc(-c2ccccc2)nc(C(OC(=O)c2ccccc2)C(=O)O)c1-c1ccccc1. The molecule has 0 radical (unpaired) electrons. The number of benzene rings is 3. The molecule has 0 aliphatic rings. The molecule has 0 fully saturated rings. The predicted molar refractivity (Wildman–Crippen MR) is 126 cm³/mol. The van der Waals surface area contributed by atoms with Crippen molar-refractivity contribution in [1.82, 2.24) is 9.97 Å². The van der Waals surface area contributed by atoms with Gasteiger partial charge in [0.05, 0.1) is 17.7 Å². The van der Waals surface area contributed by atoms with Gasteiger partial charge in [-0.05, 0) is 17.7 Å². The van der Waals surface area contributed by atoms with Gasteiger partial charge < -0.3 is 14.9 Å². The largest absolute Gasteiger partial charge is 0.481 e. The zero-order valence-electron chi connectivity index (χ0n) is 18.4. The summed E-state index contributed by atoms with van der Waals surface area (Å²) in [5, 5.41) is 19.6. The van der Waals surface area contributed by atoms with Crippen molar-refractivity contribution >= 4 is 17.9 Å². The van der Waals surface area contributed by atoms with Gasteiger partial charge in [0.25, 0.3) is 0 Å². The third-order valence-electron chi connectivity index (χ3n) is 5.13. The first kappa shape index (κ1) is 23.3. The molecule has 0 aliphatic heterocycles. The molecule has 3 aromatic carbocycles. The Balaban J connectivity index is 1.94. The van der Waals surface area contributed by atoms with Crippen molar-refractivity contribution in [3.8, 4) is 22.5 Å². The lowest BCUT2D eigenvalue weighted by Gasteiger charge is -2.20. The van der Waals surface area contributed by atoms with Gasteiger partial charge in [-0.15, -0.1) is 0 Å². The summed E-state index contributed by atoms with van der Waals surface area (Å²) in [4.78, 5) is 45.8. The molecule has 0 saturated carbocycles. The molecule has 0 aliphatic carbocycles. The first-order valence-electron chi connectivity index (χ1n) is 10.7. The highest BCUT2D eigenvalue weighted by Crippen LogP contribution is 2.34. The van der Waals surface area contributed by atoms with Crippen LogP contribution in [0.1, 0.15) is 27.8 Å². The molecule has 174 valence electrons. The van der Waals surface area contributed by atoms with Gasteiger partial charge in [-0.2, -0.15) is 0 Å². The van der Waals surface area contributed by atoms with Gasteiger partial charge in [0.2, 0.25) is 6.10 Å².